The summed E-state index contributed by atoms with van der Waals surface area (Å²) < 4.78 is 5.82. The summed E-state index contributed by atoms with van der Waals surface area (Å²) in [5.41, 5.74) is 4.02. The summed E-state index contributed by atoms with van der Waals surface area (Å²) in [4.78, 5) is 2.30. The molecule has 3 N–H and O–H groups in total. The first kappa shape index (κ1) is 21.3. The van der Waals surface area contributed by atoms with Crippen LogP contribution in [-0.4, -0.2) is 53.1 Å². The third kappa shape index (κ3) is 6.05. The predicted octanol–water partition coefficient (Wildman–Crippen LogP) is 2.88. The number of fused-ring (bicyclic) bond motifs is 1. The molecule has 1 aliphatic heterocycles. The second kappa shape index (κ2) is 10.4. The number of nitrogens with one attached hydrogen (secondary N) is 1. The molecule has 4 rings (SSSR count). The molecule has 1 saturated carbocycles. The quantitative estimate of drug-likeness (QED) is 0.625. The molecule has 1 heterocycles. The molecule has 2 aromatic carbocycles. The highest BCUT2D eigenvalue weighted by Crippen LogP contribution is 2.20. The van der Waals surface area contributed by atoms with Gasteiger partial charge < -0.3 is 20.3 Å². The Kier molecular flexibility index (Phi) is 7.39. The summed E-state index contributed by atoms with van der Waals surface area (Å²) in [6, 6.07) is 17.2. The number of β-amino-alcohol motifs (C(OH)–C–C–N with tert-alkyl or cyclic N) is 1. The standard InChI is InChI=1S/C25H34N2O3/c28-23-9-7-22(8-10-23)26-15-19-5-11-25(12-6-19)30-18-24(29)17-27-14-13-20-3-1-2-4-21(20)16-27/h1-6,11-12,22-24,26,28-29H,7-10,13-18H2. The Hall–Kier alpha value is -1.92. The van der Waals surface area contributed by atoms with Crippen LogP contribution in [-0.2, 0) is 19.5 Å². The summed E-state index contributed by atoms with van der Waals surface area (Å²) in [5.74, 6) is 0.794. The van der Waals surface area contributed by atoms with E-state index in [4.69, 9.17) is 4.74 Å². The fourth-order valence-electron chi connectivity index (χ4n) is 4.50. The zero-order valence-corrected chi connectivity index (χ0v) is 17.7. The lowest BCUT2D eigenvalue weighted by molar-refractivity contribution is 0.0638. The number of aliphatic hydroxyl groups excluding tert-OH is 2. The van der Waals surface area contributed by atoms with Crippen molar-refractivity contribution in [3.8, 4) is 5.75 Å². The van der Waals surface area contributed by atoms with Crippen LogP contribution in [0.15, 0.2) is 48.5 Å². The first-order valence-corrected chi connectivity index (χ1v) is 11.3. The molecular formula is C25H34N2O3. The molecule has 162 valence electrons. The lowest BCUT2D eigenvalue weighted by Crippen LogP contribution is -2.38. The Morgan fingerprint density at radius 2 is 1.73 bits per heavy atom. The molecule has 1 atom stereocenters. The Balaban J connectivity index is 1.17. The van der Waals surface area contributed by atoms with Crippen LogP contribution in [0.4, 0.5) is 0 Å². The van der Waals surface area contributed by atoms with Gasteiger partial charge in [0.25, 0.3) is 0 Å². The molecule has 30 heavy (non-hydrogen) atoms. The van der Waals surface area contributed by atoms with E-state index in [9.17, 15) is 10.2 Å². The Bertz CT molecular complexity index is 787. The number of hydrogen-bond donors (Lipinski definition) is 3. The average Bonchev–Trinajstić information content (AvgIpc) is 2.78. The van der Waals surface area contributed by atoms with Crippen molar-refractivity contribution in [3.05, 3.63) is 65.2 Å². The molecule has 1 aliphatic carbocycles. The van der Waals surface area contributed by atoms with Gasteiger partial charge >= 0.3 is 0 Å². The van der Waals surface area contributed by atoms with Crippen LogP contribution in [0, 0.1) is 0 Å². The van der Waals surface area contributed by atoms with E-state index >= 15 is 0 Å². The first-order valence-electron chi connectivity index (χ1n) is 11.3. The van der Waals surface area contributed by atoms with Gasteiger partial charge in [0.2, 0.25) is 0 Å². The minimum atomic E-state index is -0.502. The van der Waals surface area contributed by atoms with Gasteiger partial charge in [0, 0.05) is 32.2 Å². The maximum Gasteiger partial charge on any atom is 0.119 e. The lowest BCUT2D eigenvalue weighted by Gasteiger charge is -2.30. The molecule has 1 unspecified atom stereocenters. The SMILES string of the molecule is OC1CCC(NCc2ccc(OCC(O)CN3CCc4ccccc4C3)cc2)CC1. The van der Waals surface area contributed by atoms with E-state index in [1.54, 1.807) is 0 Å². The van der Waals surface area contributed by atoms with Gasteiger partial charge in [0.05, 0.1) is 6.10 Å². The first-order chi connectivity index (χ1) is 14.7. The van der Waals surface area contributed by atoms with Crippen molar-refractivity contribution < 1.29 is 14.9 Å². The topological polar surface area (TPSA) is 65.0 Å². The van der Waals surface area contributed by atoms with E-state index in [-0.39, 0.29) is 6.10 Å². The van der Waals surface area contributed by atoms with Crippen LogP contribution in [0.25, 0.3) is 0 Å². The van der Waals surface area contributed by atoms with E-state index in [0.29, 0.717) is 19.2 Å². The lowest BCUT2D eigenvalue weighted by atomic mass is 9.93. The van der Waals surface area contributed by atoms with E-state index in [2.05, 4.69) is 46.6 Å². The van der Waals surface area contributed by atoms with Gasteiger partial charge in [0.1, 0.15) is 18.5 Å². The predicted molar refractivity (Wildman–Crippen MR) is 118 cm³/mol. The van der Waals surface area contributed by atoms with Crippen molar-refractivity contribution in [2.75, 3.05) is 19.7 Å². The summed E-state index contributed by atoms with van der Waals surface area (Å²) >= 11 is 0. The molecule has 1 fully saturated rings. The highest BCUT2D eigenvalue weighted by atomic mass is 16.5. The van der Waals surface area contributed by atoms with Crippen molar-refractivity contribution in [2.24, 2.45) is 0 Å². The van der Waals surface area contributed by atoms with Gasteiger partial charge in [-0.05, 0) is 60.9 Å². The van der Waals surface area contributed by atoms with Crippen LogP contribution in [0.3, 0.4) is 0 Å². The number of benzene rings is 2. The van der Waals surface area contributed by atoms with Gasteiger partial charge in [0.15, 0.2) is 0 Å². The molecule has 0 spiro atoms. The third-order valence-corrected chi connectivity index (χ3v) is 6.34. The maximum absolute atomic E-state index is 10.4. The Labute approximate surface area is 179 Å². The summed E-state index contributed by atoms with van der Waals surface area (Å²) in [7, 11) is 0. The van der Waals surface area contributed by atoms with Crippen molar-refractivity contribution in [1.29, 1.82) is 0 Å². The smallest absolute Gasteiger partial charge is 0.119 e. The molecule has 0 saturated heterocycles. The fraction of sp³-hybridized carbons (Fsp3) is 0.520. The Morgan fingerprint density at radius 1 is 1.00 bits per heavy atom. The number of aliphatic hydroxyl groups is 2. The second-order valence-corrected chi connectivity index (χ2v) is 8.75. The molecule has 5 nitrogen and oxygen atoms in total. The molecular weight excluding hydrogens is 376 g/mol. The molecule has 2 aliphatic rings. The zero-order chi connectivity index (χ0) is 20.8. The van der Waals surface area contributed by atoms with Crippen molar-refractivity contribution >= 4 is 0 Å². The highest BCUT2D eigenvalue weighted by molar-refractivity contribution is 5.29. The Morgan fingerprint density at radius 3 is 2.50 bits per heavy atom. The second-order valence-electron chi connectivity index (χ2n) is 8.75. The van der Waals surface area contributed by atoms with Gasteiger partial charge in [-0.2, -0.15) is 0 Å². The van der Waals surface area contributed by atoms with Crippen LogP contribution >= 0.6 is 0 Å². The summed E-state index contributed by atoms with van der Waals surface area (Å²) in [5, 5.41) is 23.6. The van der Waals surface area contributed by atoms with Crippen molar-refractivity contribution in [3.63, 3.8) is 0 Å². The average molecular weight is 411 g/mol. The zero-order valence-electron chi connectivity index (χ0n) is 17.7. The number of hydrogen-bond acceptors (Lipinski definition) is 5. The molecule has 0 aromatic heterocycles. The number of ether oxygens (including phenoxy) is 1. The summed E-state index contributed by atoms with van der Waals surface area (Å²) in [6.45, 7) is 3.65. The summed E-state index contributed by atoms with van der Waals surface area (Å²) in [6.07, 6.45) is 4.32. The highest BCUT2D eigenvalue weighted by Gasteiger charge is 2.19. The van der Waals surface area contributed by atoms with Gasteiger partial charge in [-0.1, -0.05) is 36.4 Å². The van der Waals surface area contributed by atoms with Crippen LogP contribution in [0.1, 0.15) is 42.4 Å². The third-order valence-electron chi connectivity index (χ3n) is 6.34. The van der Waals surface area contributed by atoms with Gasteiger partial charge in [-0.3, -0.25) is 4.90 Å². The van der Waals surface area contributed by atoms with Crippen LogP contribution in [0.5, 0.6) is 5.75 Å². The molecule has 5 heteroatoms. The van der Waals surface area contributed by atoms with Crippen molar-refractivity contribution in [2.45, 2.75) is 63.4 Å². The number of nitrogens with zero attached hydrogens (tertiary/aromatic N) is 1. The normalized spacial score (nSPS) is 23.0. The van der Waals surface area contributed by atoms with E-state index in [1.165, 1.54) is 16.7 Å². The minimum Gasteiger partial charge on any atom is -0.491 e. The fourth-order valence-corrected chi connectivity index (χ4v) is 4.50. The molecule has 0 radical (unpaired) electrons. The monoisotopic (exact) mass is 410 g/mol. The van der Waals surface area contributed by atoms with Gasteiger partial charge in [-0.25, -0.2) is 0 Å². The largest absolute Gasteiger partial charge is 0.491 e. The minimum absolute atomic E-state index is 0.111. The maximum atomic E-state index is 10.4. The van der Waals surface area contributed by atoms with Crippen LogP contribution < -0.4 is 10.1 Å². The van der Waals surface area contributed by atoms with Gasteiger partial charge in [-0.15, -0.1) is 0 Å². The molecule has 2 aromatic rings. The van der Waals surface area contributed by atoms with E-state index in [1.807, 2.05) is 12.1 Å². The molecule has 0 amide bonds. The number of rotatable bonds is 8. The van der Waals surface area contributed by atoms with E-state index < -0.39 is 6.10 Å². The van der Waals surface area contributed by atoms with E-state index in [0.717, 1.165) is 57.5 Å². The van der Waals surface area contributed by atoms with Crippen LogP contribution in [0.2, 0.25) is 0 Å². The molecule has 0 bridgehead atoms. The van der Waals surface area contributed by atoms with Crippen molar-refractivity contribution in [1.82, 2.24) is 10.2 Å².